The Morgan fingerprint density at radius 2 is 1.81 bits per heavy atom. The molecule has 0 aliphatic rings. The number of nitrogens with zero attached hydrogens (tertiary/aromatic N) is 2. The number of hydrogen-bond acceptors (Lipinski definition) is 5. The van der Waals surface area contributed by atoms with E-state index in [1.165, 1.54) is 5.56 Å². The monoisotopic (exact) mass is 365 g/mol. The maximum atomic E-state index is 12.0. The molecule has 3 aromatic rings. The van der Waals surface area contributed by atoms with E-state index in [4.69, 9.17) is 9.26 Å². The molecule has 27 heavy (non-hydrogen) atoms. The second kappa shape index (κ2) is 8.98. The molecule has 0 saturated carbocycles. The summed E-state index contributed by atoms with van der Waals surface area (Å²) >= 11 is 0. The maximum absolute atomic E-state index is 12.0. The number of aromatic nitrogens is 2. The number of hydrogen-bond donors (Lipinski definition) is 1. The number of nitrogens with one attached hydrogen (secondary N) is 1. The molecule has 0 unspecified atom stereocenters. The molecule has 6 nitrogen and oxygen atoms in total. The van der Waals surface area contributed by atoms with Crippen LogP contribution in [0, 0.1) is 6.92 Å². The number of amides is 1. The summed E-state index contributed by atoms with van der Waals surface area (Å²) in [5.41, 5.74) is 3.23. The topological polar surface area (TPSA) is 77.2 Å². The fraction of sp³-hybridized carbons (Fsp3) is 0.286. The largest absolute Gasteiger partial charge is 0.497 e. The lowest BCUT2D eigenvalue weighted by Crippen LogP contribution is -2.25. The van der Waals surface area contributed by atoms with Gasteiger partial charge < -0.3 is 14.6 Å². The zero-order chi connectivity index (χ0) is 19.1. The summed E-state index contributed by atoms with van der Waals surface area (Å²) in [5.74, 6) is 1.81. The number of rotatable bonds is 8. The van der Waals surface area contributed by atoms with Crippen LogP contribution in [0.15, 0.2) is 53.1 Å². The van der Waals surface area contributed by atoms with Crippen molar-refractivity contribution in [2.45, 2.75) is 26.2 Å². The number of carbonyl (C=O) groups is 1. The van der Waals surface area contributed by atoms with E-state index < -0.39 is 0 Å². The molecular formula is C21H23N3O3. The predicted molar refractivity (Wildman–Crippen MR) is 102 cm³/mol. The van der Waals surface area contributed by atoms with Crippen LogP contribution in [0.2, 0.25) is 0 Å². The van der Waals surface area contributed by atoms with Crippen LogP contribution >= 0.6 is 0 Å². The van der Waals surface area contributed by atoms with Crippen molar-refractivity contribution in [2.24, 2.45) is 0 Å². The lowest BCUT2D eigenvalue weighted by molar-refractivity contribution is -0.121. The quantitative estimate of drug-likeness (QED) is 0.662. The van der Waals surface area contributed by atoms with Crippen molar-refractivity contribution in [3.8, 4) is 17.1 Å². The highest BCUT2D eigenvalue weighted by atomic mass is 16.5. The molecular weight excluding hydrogens is 342 g/mol. The Hall–Kier alpha value is -3.15. The van der Waals surface area contributed by atoms with Crippen LogP contribution in [0.1, 0.15) is 23.4 Å². The van der Waals surface area contributed by atoms with Crippen molar-refractivity contribution in [3.05, 3.63) is 65.5 Å². The van der Waals surface area contributed by atoms with Crippen molar-refractivity contribution < 1.29 is 14.1 Å². The number of benzene rings is 2. The van der Waals surface area contributed by atoms with Gasteiger partial charge in [0.15, 0.2) is 0 Å². The van der Waals surface area contributed by atoms with Crippen LogP contribution < -0.4 is 10.1 Å². The molecule has 0 aliphatic heterocycles. The standard InChI is InChI=1S/C21H23N3O3/c1-15-3-7-17(8-4-15)21-23-20(27-24-21)12-11-19(25)22-14-13-16-5-9-18(26-2)10-6-16/h3-10H,11-14H2,1-2H3,(H,22,25). The normalized spacial score (nSPS) is 10.6. The summed E-state index contributed by atoms with van der Waals surface area (Å²) in [5, 5.41) is 6.90. The van der Waals surface area contributed by atoms with Crippen molar-refractivity contribution in [1.82, 2.24) is 15.5 Å². The van der Waals surface area contributed by atoms with Gasteiger partial charge in [-0.1, -0.05) is 47.1 Å². The van der Waals surface area contributed by atoms with Gasteiger partial charge in [-0.2, -0.15) is 4.98 Å². The van der Waals surface area contributed by atoms with Crippen molar-refractivity contribution >= 4 is 5.91 Å². The Morgan fingerprint density at radius 1 is 1.07 bits per heavy atom. The molecule has 6 heteroatoms. The van der Waals surface area contributed by atoms with E-state index in [0.29, 0.717) is 31.1 Å². The second-order valence-corrected chi connectivity index (χ2v) is 6.33. The third-order valence-electron chi connectivity index (χ3n) is 4.24. The van der Waals surface area contributed by atoms with Crippen LogP contribution in [-0.4, -0.2) is 29.7 Å². The Kier molecular flexibility index (Phi) is 6.20. The molecule has 0 fully saturated rings. The summed E-state index contributed by atoms with van der Waals surface area (Å²) in [4.78, 5) is 16.4. The summed E-state index contributed by atoms with van der Waals surface area (Å²) in [6.07, 6.45) is 1.51. The third-order valence-corrected chi connectivity index (χ3v) is 4.24. The summed E-state index contributed by atoms with van der Waals surface area (Å²) in [6.45, 7) is 2.61. The van der Waals surface area contributed by atoms with Gasteiger partial charge in [0, 0.05) is 24.9 Å². The molecule has 2 aromatic carbocycles. The van der Waals surface area contributed by atoms with Crippen molar-refractivity contribution in [3.63, 3.8) is 0 Å². The summed E-state index contributed by atoms with van der Waals surface area (Å²) in [6, 6.07) is 15.7. The molecule has 0 saturated heterocycles. The first-order valence-electron chi connectivity index (χ1n) is 8.93. The highest BCUT2D eigenvalue weighted by Crippen LogP contribution is 2.16. The Balaban J connectivity index is 1.42. The van der Waals surface area contributed by atoms with E-state index >= 15 is 0 Å². The van der Waals surface area contributed by atoms with Gasteiger partial charge in [0.25, 0.3) is 0 Å². The van der Waals surface area contributed by atoms with E-state index in [1.54, 1.807) is 7.11 Å². The van der Waals surface area contributed by atoms with E-state index in [0.717, 1.165) is 23.3 Å². The molecule has 140 valence electrons. The minimum atomic E-state index is -0.0291. The van der Waals surface area contributed by atoms with Crippen molar-refractivity contribution in [1.29, 1.82) is 0 Å². The molecule has 1 amide bonds. The maximum Gasteiger partial charge on any atom is 0.227 e. The minimum absolute atomic E-state index is 0.0291. The average Bonchev–Trinajstić information content (AvgIpc) is 3.16. The lowest BCUT2D eigenvalue weighted by atomic mass is 10.1. The van der Waals surface area contributed by atoms with Gasteiger partial charge in [-0.25, -0.2) is 0 Å². The number of ether oxygens (including phenoxy) is 1. The van der Waals surface area contributed by atoms with Gasteiger partial charge in [0.2, 0.25) is 17.6 Å². The lowest BCUT2D eigenvalue weighted by Gasteiger charge is -2.05. The summed E-state index contributed by atoms with van der Waals surface area (Å²) in [7, 11) is 1.64. The molecule has 1 N–H and O–H groups in total. The Labute approximate surface area is 158 Å². The fourth-order valence-electron chi connectivity index (χ4n) is 2.62. The Bertz CT molecular complexity index is 870. The molecule has 0 atom stereocenters. The molecule has 1 aromatic heterocycles. The molecule has 1 heterocycles. The zero-order valence-electron chi connectivity index (χ0n) is 15.6. The highest BCUT2D eigenvalue weighted by molar-refractivity contribution is 5.76. The number of carbonyl (C=O) groups excluding carboxylic acids is 1. The first-order valence-corrected chi connectivity index (χ1v) is 8.93. The third kappa shape index (κ3) is 5.41. The van der Waals surface area contributed by atoms with Crippen LogP contribution in [0.4, 0.5) is 0 Å². The number of methoxy groups -OCH3 is 1. The molecule has 3 rings (SSSR count). The first kappa shape index (κ1) is 18.6. The van der Waals surface area contributed by atoms with Gasteiger partial charge in [-0.05, 0) is 31.0 Å². The number of aryl methyl sites for hydroxylation is 2. The van der Waals surface area contributed by atoms with Crippen LogP contribution in [0.25, 0.3) is 11.4 Å². The van der Waals surface area contributed by atoms with Gasteiger partial charge in [-0.15, -0.1) is 0 Å². The Morgan fingerprint density at radius 3 is 2.52 bits per heavy atom. The van der Waals surface area contributed by atoms with Gasteiger partial charge in [0.05, 0.1) is 7.11 Å². The molecule has 0 radical (unpaired) electrons. The molecule has 0 aliphatic carbocycles. The van der Waals surface area contributed by atoms with Crippen LogP contribution in [0.3, 0.4) is 0 Å². The molecule has 0 bridgehead atoms. The SMILES string of the molecule is COc1ccc(CCNC(=O)CCc2nc(-c3ccc(C)cc3)no2)cc1. The minimum Gasteiger partial charge on any atom is -0.497 e. The van der Waals surface area contributed by atoms with Crippen molar-refractivity contribution in [2.75, 3.05) is 13.7 Å². The predicted octanol–water partition coefficient (Wildman–Crippen LogP) is 3.35. The van der Waals surface area contributed by atoms with E-state index in [2.05, 4.69) is 15.5 Å². The molecule has 0 spiro atoms. The van der Waals surface area contributed by atoms with E-state index in [-0.39, 0.29) is 5.91 Å². The van der Waals surface area contributed by atoms with Gasteiger partial charge >= 0.3 is 0 Å². The first-order chi connectivity index (χ1) is 13.1. The van der Waals surface area contributed by atoms with Gasteiger partial charge in [0.1, 0.15) is 5.75 Å². The highest BCUT2D eigenvalue weighted by Gasteiger charge is 2.10. The van der Waals surface area contributed by atoms with Crippen LogP contribution in [-0.2, 0) is 17.6 Å². The smallest absolute Gasteiger partial charge is 0.227 e. The van der Waals surface area contributed by atoms with E-state index in [1.807, 2.05) is 55.5 Å². The van der Waals surface area contributed by atoms with Crippen LogP contribution in [0.5, 0.6) is 5.75 Å². The average molecular weight is 365 g/mol. The zero-order valence-corrected chi connectivity index (χ0v) is 15.6. The van der Waals surface area contributed by atoms with Gasteiger partial charge in [-0.3, -0.25) is 4.79 Å². The fourth-order valence-corrected chi connectivity index (χ4v) is 2.62. The van der Waals surface area contributed by atoms with E-state index in [9.17, 15) is 4.79 Å². The summed E-state index contributed by atoms with van der Waals surface area (Å²) < 4.78 is 10.4. The second-order valence-electron chi connectivity index (χ2n) is 6.33.